The molecule has 1 aromatic carbocycles. The molecule has 0 spiro atoms. The quantitative estimate of drug-likeness (QED) is 0.694. The van der Waals surface area contributed by atoms with Gasteiger partial charge in [-0.2, -0.15) is 13.2 Å². The molecule has 0 bridgehead atoms. The summed E-state index contributed by atoms with van der Waals surface area (Å²) in [6.45, 7) is 0. The standard InChI is InChI=1S/C13H10F4N2O/c14-8-4-5-9(18)11(7-8)20-12(13(15,16)17)10-3-1-2-6-19-10/h1-7,12H,18H2. The highest BCUT2D eigenvalue weighted by atomic mass is 19.4. The zero-order chi connectivity index (χ0) is 14.8. The van der Waals surface area contributed by atoms with E-state index in [2.05, 4.69) is 4.98 Å². The van der Waals surface area contributed by atoms with Gasteiger partial charge >= 0.3 is 6.18 Å². The Morgan fingerprint density at radius 1 is 1.15 bits per heavy atom. The minimum absolute atomic E-state index is 0.0865. The first-order chi connectivity index (χ1) is 9.38. The van der Waals surface area contributed by atoms with Crippen LogP contribution in [0.2, 0.25) is 0 Å². The van der Waals surface area contributed by atoms with Crippen molar-refractivity contribution >= 4 is 5.69 Å². The molecule has 0 saturated carbocycles. The van der Waals surface area contributed by atoms with Gasteiger partial charge in [0.05, 0.1) is 11.4 Å². The Kier molecular flexibility index (Phi) is 3.78. The summed E-state index contributed by atoms with van der Waals surface area (Å²) >= 11 is 0. The van der Waals surface area contributed by atoms with Gasteiger partial charge < -0.3 is 10.5 Å². The van der Waals surface area contributed by atoms with Gasteiger partial charge in [-0.25, -0.2) is 4.39 Å². The molecular formula is C13H10F4N2O. The molecule has 1 unspecified atom stereocenters. The number of pyridine rings is 1. The second-order valence-electron chi connectivity index (χ2n) is 3.98. The van der Waals surface area contributed by atoms with Crippen LogP contribution in [0.1, 0.15) is 11.8 Å². The summed E-state index contributed by atoms with van der Waals surface area (Å²) in [6.07, 6.45) is -5.80. The molecule has 1 aromatic heterocycles. The van der Waals surface area contributed by atoms with Crippen molar-refractivity contribution < 1.29 is 22.3 Å². The highest BCUT2D eigenvalue weighted by Gasteiger charge is 2.44. The van der Waals surface area contributed by atoms with Crippen molar-refractivity contribution in [2.24, 2.45) is 0 Å². The lowest BCUT2D eigenvalue weighted by molar-refractivity contribution is -0.199. The Labute approximate surface area is 112 Å². The second-order valence-corrected chi connectivity index (χ2v) is 3.98. The molecule has 0 fully saturated rings. The topological polar surface area (TPSA) is 48.1 Å². The van der Waals surface area contributed by atoms with Crippen molar-refractivity contribution in [3.8, 4) is 5.75 Å². The van der Waals surface area contributed by atoms with Gasteiger partial charge in [0.25, 0.3) is 0 Å². The Hall–Kier alpha value is -2.31. The predicted molar refractivity (Wildman–Crippen MR) is 64.5 cm³/mol. The molecule has 0 aliphatic heterocycles. The van der Waals surface area contributed by atoms with Gasteiger partial charge in [0, 0.05) is 12.3 Å². The Bertz CT molecular complexity index is 587. The number of halogens is 4. The lowest BCUT2D eigenvalue weighted by atomic mass is 10.2. The first-order valence-electron chi connectivity index (χ1n) is 5.57. The van der Waals surface area contributed by atoms with Crippen LogP contribution in [0, 0.1) is 5.82 Å². The number of hydrogen-bond donors (Lipinski definition) is 1. The molecule has 0 aliphatic carbocycles. The monoisotopic (exact) mass is 286 g/mol. The van der Waals surface area contributed by atoms with Crippen molar-refractivity contribution in [1.82, 2.24) is 4.98 Å². The summed E-state index contributed by atoms with van der Waals surface area (Å²) in [5.74, 6) is -1.12. The fraction of sp³-hybridized carbons (Fsp3) is 0.154. The summed E-state index contributed by atoms with van der Waals surface area (Å²) < 4.78 is 57.0. The van der Waals surface area contributed by atoms with Crippen molar-refractivity contribution in [2.75, 3.05) is 5.73 Å². The highest BCUT2D eigenvalue weighted by molar-refractivity contribution is 5.52. The third kappa shape index (κ3) is 3.17. The van der Waals surface area contributed by atoms with E-state index in [1.165, 1.54) is 24.4 Å². The van der Waals surface area contributed by atoms with Crippen LogP contribution >= 0.6 is 0 Å². The number of nitrogen functional groups attached to an aromatic ring is 1. The summed E-state index contributed by atoms with van der Waals surface area (Å²) in [7, 11) is 0. The zero-order valence-electron chi connectivity index (χ0n) is 10.1. The van der Waals surface area contributed by atoms with Crippen LogP contribution in [-0.2, 0) is 0 Å². The van der Waals surface area contributed by atoms with Crippen LogP contribution in [0.4, 0.5) is 23.2 Å². The van der Waals surface area contributed by atoms with E-state index in [-0.39, 0.29) is 17.1 Å². The third-order valence-electron chi connectivity index (χ3n) is 2.47. The minimum Gasteiger partial charge on any atom is -0.472 e. The number of nitrogens with two attached hydrogens (primary N) is 1. The van der Waals surface area contributed by atoms with Crippen LogP contribution in [0.15, 0.2) is 42.6 Å². The summed E-state index contributed by atoms with van der Waals surface area (Å²) in [6, 6.07) is 7.03. The van der Waals surface area contributed by atoms with Gasteiger partial charge in [0.15, 0.2) is 0 Å². The number of benzene rings is 1. The molecule has 0 aliphatic rings. The van der Waals surface area contributed by atoms with Crippen molar-refractivity contribution in [1.29, 1.82) is 0 Å². The van der Waals surface area contributed by atoms with Crippen LogP contribution in [-0.4, -0.2) is 11.2 Å². The third-order valence-corrected chi connectivity index (χ3v) is 2.47. The SMILES string of the molecule is Nc1ccc(F)cc1OC(c1ccccn1)C(F)(F)F. The minimum atomic E-state index is -4.70. The zero-order valence-corrected chi connectivity index (χ0v) is 10.1. The molecule has 1 atom stereocenters. The molecule has 20 heavy (non-hydrogen) atoms. The first kappa shape index (κ1) is 14.1. The largest absolute Gasteiger partial charge is 0.472 e. The Morgan fingerprint density at radius 3 is 2.50 bits per heavy atom. The average molecular weight is 286 g/mol. The van der Waals surface area contributed by atoms with Gasteiger partial charge in [0.1, 0.15) is 11.6 Å². The average Bonchev–Trinajstić information content (AvgIpc) is 2.39. The molecule has 0 radical (unpaired) electrons. The van der Waals surface area contributed by atoms with Crippen LogP contribution in [0.3, 0.4) is 0 Å². The molecule has 2 aromatic rings. The predicted octanol–water partition coefficient (Wildman–Crippen LogP) is 3.49. The number of alkyl halides is 3. The summed E-state index contributed by atoms with van der Waals surface area (Å²) in [5, 5.41) is 0. The van der Waals surface area contributed by atoms with E-state index in [0.717, 1.165) is 18.2 Å². The number of rotatable bonds is 3. The van der Waals surface area contributed by atoms with Crippen LogP contribution in [0.5, 0.6) is 5.75 Å². The molecular weight excluding hydrogens is 276 g/mol. The maximum atomic E-state index is 13.1. The molecule has 0 amide bonds. The fourth-order valence-electron chi connectivity index (χ4n) is 1.56. The first-order valence-corrected chi connectivity index (χ1v) is 5.57. The van der Waals surface area contributed by atoms with Crippen molar-refractivity contribution in [3.63, 3.8) is 0 Å². The summed E-state index contributed by atoms with van der Waals surface area (Å²) in [5.41, 5.74) is 5.06. The van der Waals surface area contributed by atoms with Gasteiger partial charge in [0.2, 0.25) is 6.10 Å². The maximum absolute atomic E-state index is 13.1. The Balaban J connectivity index is 2.37. The molecule has 1 heterocycles. The number of nitrogens with zero attached hydrogens (tertiary/aromatic N) is 1. The molecule has 2 N–H and O–H groups in total. The molecule has 2 rings (SSSR count). The highest BCUT2D eigenvalue weighted by Crippen LogP contribution is 2.37. The van der Waals surface area contributed by atoms with Crippen LogP contribution in [0.25, 0.3) is 0 Å². The van der Waals surface area contributed by atoms with E-state index < -0.39 is 18.1 Å². The molecule has 7 heteroatoms. The smallest absolute Gasteiger partial charge is 0.431 e. The molecule has 0 saturated heterocycles. The van der Waals surface area contributed by atoms with E-state index >= 15 is 0 Å². The molecule has 3 nitrogen and oxygen atoms in total. The normalized spacial score (nSPS) is 13.0. The number of ether oxygens (including phenoxy) is 1. The van der Waals surface area contributed by atoms with Gasteiger partial charge in [-0.05, 0) is 24.3 Å². The van der Waals surface area contributed by atoms with E-state index in [4.69, 9.17) is 10.5 Å². The number of hydrogen-bond acceptors (Lipinski definition) is 3. The van der Waals surface area contributed by atoms with Gasteiger partial charge in [-0.15, -0.1) is 0 Å². The number of anilines is 1. The van der Waals surface area contributed by atoms with E-state index in [9.17, 15) is 17.6 Å². The van der Waals surface area contributed by atoms with E-state index in [1.807, 2.05) is 0 Å². The van der Waals surface area contributed by atoms with E-state index in [1.54, 1.807) is 0 Å². The second kappa shape index (κ2) is 5.36. The van der Waals surface area contributed by atoms with Crippen LogP contribution < -0.4 is 10.5 Å². The lowest BCUT2D eigenvalue weighted by Crippen LogP contribution is -2.27. The lowest BCUT2D eigenvalue weighted by Gasteiger charge is -2.22. The number of aromatic nitrogens is 1. The Morgan fingerprint density at radius 2 is 1.90 bits per heavy atom. The molecule has 106 valence electrons. The van der Waals surface area contributed by atoms with Crippen molar-refractivity contribution in [2.45, 2.75) is 12.3 Å². The summed E-state index contributed by atoms with van der Waals surface area (Å²) in [4.78, 5) is 3.61. The van der Waals surface area contributed by atoms with Gasteiger partial charge in [-0.1, -0.05) is 6.07 Å². The van der Waals surface area contributed by atoms with Crippen molar-refractivity contribution in [3.05, 3.63) is 54.1 Å². The maximum Gasteiger partial charge on any atom is 0.431 e. The van der Waals surface area contributed by atoms with E-state index in [0.29, 0.717) is 0 Å². The van der Waals surface area contributed by atoms with Gasteiger partial charge in [-0.3, -0.25) is 4.98 Å². The fourth-order valence-corrected chi connectivity index (χ4v) is 1.56.